The smallest absolute Gasteiger partial charge is 0.0913 e. The highest BCUT2D eigenvalue weighted by molar-refractivity contribution is 5.18. The minimum Gasteiger partial charge on any atom is -0.633 e. The standard InChI is InChI=1S/C15H23NO2/c1-12(13(2)16(18)10-6-7-11-16)15(17)14-8-4-3-5-9-14/h3-5,8-9,12-13,15,17H,6-7,10-11H2,1-2H3/t12-,13?,15-/m1/s1. The van der Waals surface area contributed by atoms with Crippen LogP contribution in [-0.2, 0) is 0 Å². The first-order chi connectivity index (χ1) is 8.54. The van der Waals surface area contributed by atoms with Crippen molar-refractivity contribution < 1.29 is 9.75 Å². The van der Waals surface area contributed by atoms with Gasteiger partial charge in [-0.2, -0.15) is 0 Å². The maximum atomic E-state index is 12.6. The fourth-order valence-corrected chi connectivity index (χ4v) is 2.92. The van der Waals surface area contributed by atoms with E-state index >= 15 is 0 Å². The molecule has 0 saturated carbocycles. The van der Waals surface area contributed by atoms with Crippen LogP contribution in [0.3, 0.4) is 0 Å². The van der Waals surface area contributed by atoms with Crippen molar-refractivity contribution in [1.29, 1.82) is 0 Å². The van der Waals surface area contributed by atoms with Crippen molar-refractivity contribution in [3.05, 3.63) is 41.1 Å². The summed E-state index contributed by atoms with van der Waals surface area (Å²) in [5.41, 5.74) is 0.905. The van der Waals surface area contributed by atoms with Crippen molar-refractivity contribution in [3.8, 4) is 0 Å². The number of quaternary nitrogens is 1. The Labute approximate surface area is 109 Å². The first kappa shape index (κ1) is 13.5. The third-order valence-corrected chi connectivity index (χ3v) is 4.47. The maximum Gasteiger partial charge on any atom is 0.0913 e. The lowest BCUT2D eigenvalue weighted by Gasteiger charge is -2.47. The fraction of sp³-hybridized carbons (Fsp3) is 0.600. The molecule has 1 N–H and O–H groups in total. The van der Waals surface area contributed by atoms with Gasteiger partial charge >= 0.3 is 0 Å². The van der Waals surface area contributed by atoms with Gasteiger partial charge in [0.2, 0.25) is 0 Å². The van der Waals surface area contributed by atoms with E-state index < -0.39 is 6.10 Å². The van der Waals surface area contributed by atoms with E-state index in [0.29, 0.717) is 13.1 Å². The average Bonchev–Trinajstić information content (AvgIpc) is 2.85. The molecule has 3 atom stereocenters. The van der Waals surface area contributed by atoms with Gasteiger partial charge in [0.15, 0.2) is 0 Å². The Kier molecular flexibility index (Phi) is 4.05. The molecule has 18 heavy (non-hydrogen) atoms. The molecule has 3 nitrogen and oxygen atoms in total. The van der Waals surface area contributed by atoms with Gasteiger partial charge in [-0.25, -0.2) is 0 Å². The van der Waals surface area contributed by atoms with Gasteiger partial charge < -0.3 is 15.0 Å². The summed E-state index contributed by atoms with van der Waals surface area (Å²) in [6.07, 6.45) is 1.48. The minimum atomic E-state index is -0.550. The summed E-state index contributed by atoms with van der Waals surface area (Å²) in [5.74, 6) is -0.0250. The summed E-state index contributed by atoms with van der Waals surface area (Å²) in [4.78, 5) is 0. The molecule has 1 aromatic rings. The summed E-state index contributed by atoms with van der Waals surface area (Å²) >= 11 is 0. The Hall–Kier alpha value is -0.900. The molecule has 1 aromatic carbocycles. The highest BCUT2D eigenvalue weighted by Crippen LogP contribution is 2.32. The van der Waals surface area contributed by atoms with Crippen LogP contribution in [0.2, 0.25) is 0 Å². The van der Waals surface area contributed by atoms with Crippen LogP contribution in [0.4, 0.5) is 0 Å². The Morgan fingerprint density at radius 3 is 2.22 bits per heavy atom. The topological polar surface area (TPSA) is 43.3 Å². The van der Waals surface area contributed by atoms with E-state index in [4.69, 9.17) is 0 Å². The zero-order valence-electron chi connectivity index (χ0n) is 11.2. The monoisotopic (exact) mass is 249 g/mol. The minimum absolute atomic E-state index is 0.0250. The summed E-state index contributed by atoms with van der Waals surface area (Å²) in [6, 6.07) is 9.58. The SMILES string of the molecule is CC([C@@H](C)[C@@H](O)c1ccccc1)[N+]1([O-])CCCC1. The maximum absolute atomic E-state index is 12.6. The van der Waals surface area contributed by atoms with Crippen molar-refractivity contribution in [2.24, 2.45) is 5.92 Å². The van der Waals surface area contributed by atoms with E-state index in [1.54, 1.807) is 0 Å². The summed E-state index contributed by atoms with van der Waals surface area (Å²) < 4.78 is -0.134. The molecule has 1 aliphatic heterocycles. The van der Waals surface area contributed by atoms with Crippen LogP contribution in [0.1, 0.15) is 38.4 Å². The zero-order valence-corrected chi connectivity index (χ0v) is 11.2. The van der Waals surface area contributed by atoms with Gasteiger partial charge in [0.05, 0.1) is 25.2 Å². The molecular weight excluding hydrogens is 226 g/mol. The van der Waals surface area contributed by atoms with E-state index in [1.807, 2.05) is 44.2 Å². The van der Waals surface area contributed by atoms with Gasteiger partial charge in [-0.15, -0.1) is 0 Å². The molecule has 1 heterocycles. The quantitative estimate of drug-likeness (QED) is 0.658. The van der Waals surface area contributed by atoms with E-state index in [9.17, 15) is 10.3 Å². The van der Waals surface area contributed by atoms with Crippen LogP contribution in [0.25, 0.3) is 0 Å². The van der Waals surface area contributed by atoms with E-state index in [0.717, 1.165) is 18.4 Å². The number of rotatable bonds is 4. The molecule has 1 unspecified atom stereocenters. The van der Waals surface area contributed by atoms with Gasteiger partial charge in [0.1, 0.15) is 0 Å². The van der Waals surface area contributed by atoms with Crippen LogP contribution in [0.15, 0.2) is 30.3 Å². The number of nitrogens with zero attached hydrogens (tertiary/aromatic N) is 1. The number of hydrogen-bond donors (Lipinski definition) is 1. The Bertz CT molecular complexity index is 373. The molecule has 0 bridgehead atoms. The Morgan fingerprint density at radius 2 is 1.67 bits per heavy atom. The molecule has 0 radical (unpaired) electrons. The van der Waals surface area contributed by atoms with E-state index in [-0.39, 0.29) is 16.6 Å². The molecule has 0 amide bonds. The van der Waals surface area contributed by atoms with Crippen molar-refractivity contribution in [1.82, 2.24) is 0 Å². The molecule has 0 aromatic heterocycles. The predicted molar refractivity (Wildman–Crippen MR) is 72.6 cm³/mol. The number of aliphatic hydroxyl groups is 1. The van der Waals surface area contributed by atoms with Crippen LogP contribution in [0, 0.1) is 11.1 Å². The second-order valence-electron chi connectivity index (χ2n) is 5.56. The highest BCUT2D eigenvalue weighted by atomic mass is 16.5. The largest absolute Gasteiger partial charge is 0.633 e. The van der Waals surface area contributed by atoms with Gasteiger partial charge in [0.25, 0.3) is 0 Å². The second-order valence-corrected chi connectivity index (χ2v) is 5.56. The van der Waals surface area contributed by atoms with Crippen molar-refractivity contribution in [2.45, 2.75) is 38.8 Å². The number of likely N-dealkylation sites (tertiary alicyclic amines) is 1. The fourth-order valence-electron chi connectivity index (χ4n) is 2.92. The van der Waals surface area contributed by atoms with Gasteiger partial charge in [-0.05, 0) is 12.5 Å². The average molecular weight is 249 g/mol. The van der Waals surface area contributed by atoms with Crippen molar-refractivity contribution in [3.63, 3.8) is 0 Å². The number of aliphatic hydroxyl groups excluding tert-OH is 1. The molecule has 3 heteroatoms. The molecule has 0 aliphatic carbocycles. The van der Waals surface area contributed by atoms with Crippen LogP contribution < -0.4 is 0 Å². The highest BCUT2D eigenvalue weighted by Gasteiger charge is 2.36. The molecule has 2 rings (SSSR count). The first-order valence-corrected chi connectivity index (χ1v) is 6.85. The first-order valence-electron chi connectivity index (χ1n) is 6.85. The third kappa shape index (κ3) is 2.58. The molecule has 0 spiro atoms. The van der Waals surface area contributed by atoms with Crippen LogP contribution in [0.5, 0.6) is 0 Å². The number of benzene rings is 1. The summed E-state index contributed by atoms with van der Waals surface area (Å²) in [5, 5.41) is 23.0. The van der Waals surface area contributed by atoms with Crippen molar-refractivity contribution in [2.75, 3.05) is 13.1 Å². The lowest BCUT2D eigenvalue weighted by atomic mass is 9.90. The summed E-state index contributed by atoms with van der Waals surface area (Å²) in [6.45, 7) is 5.37. The molecule has 1 saturated heterocycles. The molecular formula is C15H23NO2. The van der Waals surface area contributed by atoms with Crippen LogP contribution in [-0.4, -0.2) is 28.9 Å². The van der Waals surface area contributed by atoms with E-state index in [1.165, 1.54) is 0 Å². The van der Waals surface area contributed by atoms with Gasteiger partial charge in [-0.1, -0.05) is 37.3 Å². The zero-order chi connectivity index (χ0) is 13.2. The molecule has 100 valence electrons. The van der Waals surface area contributed by atoms with Gasteiger partial charge in [0, 0.05) is 18.8 Å². The normalized spacial score (nSPS) is 23.6. The van der Waals surface area contributed by atoms with E-state index in [2.05, 4.69) is 0 Å². The van der Waals surface area contributed by atoms with Gasteiger partial charge in [-0.3, -0.25) is 0 Å². The lowest BCUT2D eigenvalue weighted by Crippen LogP contribution is -2.50. The number of hydrogen-bond acceptors (Lipinski definition) is 2. The predicted octanol–water partition coefficient (Wildman–Crippen LogP) is 2.85. The number of hydroxylamine groups is 3. The third-order valence-electron chi connectivity index (χ3n) is 4.47. The lowest BCUT2D eigenvalue weighted by molar-refractivity contribution is -0.896. The second kappa shape index (κ2) is 5.39. The summed E-state index contributed by atoms with van der Waals surface area (Å²) in [7, 11) is 0. The molecule has 1 aliphatic rings. The van der Waals surface area contributed by atoms with Crippen LogP contribution >= 0.6 is 0 Å². The Balaban J connectivity index is 2.09. The van der Waals surface area contributed by atoms with Crippen molar-refractivity contribution >= 4 is 0 Å². The molecule has 1 fully saturated rings. The Morgan fingerprint density at radius 1 is 1.11 bits per heavy atom.